The number of aromatic hydroxyl groups is 1. The van der Waals surface area contributed by atoms with Gasteiger partial charge in [0.1, 0.15) is 0 Å². The summed E-state index contributed by atoms with van der Waals surface area (Å²) in [5.41, 5.74) is 1.82. The van der Waals surface area contributed by atoms with E-state index >= 15 is 0 Å². The van der Waals surface area contributed by atoms with Crippen molar-refractivity contribution in [1.82, 2.24) is 9.78 Å². The molecule has 1 N–H and O–H groups in total. The summed E-state index contributed by atoms with van der Waals surface area (Å²) >= 11 is 2.25. The second kappa shape index (κ2) is 3.61. The predicted octanol–water partition coefficient (Wildman–Crippen LogP) is 2.40. The Morgan fingerprint density at radius 2 is 2.14 bits per heavy atom. The molecule has 4 heteroatoms. The van der Waals surface area contributed by atoms with Crippen LogP contribution in [-0.4, -0.2) is 14.9 Å². The Morgan fingerprint density at radius 3 is 2.71 bits per heavy atom. The van der Waals surface area contributed by atoms with Gasteiger partial charge in [-0.3, -0.25) is 0 Å². The van der Waals surface area contributed by atoms with Crippen LogP contribution in [0.15, 0.2) is 30.3 Å². The SMILES string of the molecule is Cn1nc(-c2cccc(I)c2)cc1O. The van der Waals surface area contributed by atoms with Gasteiger partial charge in [0.05, 0.1) is 5.69 Å². The van der Waals surface area contributed by atoms with E-state index in [2.05, 4.69) is 27.7 Å². The number of benzene rings is 1. The van der Waals surface area contributed by atoms with Gasteiger partial charge in [-0.15, -0.1) is 0 Å². The first kappa shape index (κ1) is 9.51. The van der Waals surface area contributed by atoms with Crippen LogP contribution < -0.4 is 0 Å². The number of rotatable bonds is 1. The average molecular weight is 300 g/mol. The molecule has 0 radical (unpaired) electrons. The van der Waals surface area contributed by atoms with Crippen molar-refractivity contribution >= 4 is 22.6 Å². The first-order valence-electron chi connectivity index (χ1n) is 4.16. The lowest BCUT2D eigenvalue weighted by molar-refractivity contribution is 0.419. The van der Waals surface area contributed by atoms with Crippen molar-refractivity contribution in [3.8, 4) is 17.1 Å². The van der Waals surface area contributed by atoms with E-state index in [4.69, 9.17) is 0 Å². The maximum absolute atomic E-state index is 9.37. The third-order valence-electron chi connectivity index (χ3n) is 1.98. The minimum Gasteiger partial charge on any atom is -0.493 e. The normalized spacial score (nSPS) is 10.4. The van der Waals surface area contributed by atoms with E-state index < -0.39 is 0 Å². The molecule has 0 aliphatic rings. The van der Waals surface area contributed by atoms with E-state index in [0.717, 1.165) is 14.8 Å². The highest BCUT2D eigenvalue weighted by atomic mass is 127. The van der Waals surface area contributed by atoms with E-state index in [1.165, 1.54) is 4.68 Å². The molecule has 0 aliphatic heterocycles. The zero-order valence-corrected chi connectivity index (χ0v) is 9.76. The Labute approximate surface area is 95.5 Å². The van der Waals surface area contributed by atoms with Crippen molar-refractivity contribution in [2.45, 2.75) is 0 Å². The number of nitrogens with zero attached hydrogens (tertiary/aromatic N) is 2. The van der Waals surface area contributed by atoms with Crippen molar-refractivity contribution < 1.29 is 5.11 Å². The number of halogens is 1. The molecule has 0 spiro atoms. The second-order valence-electron chi connectivity index (χ2n) is 3.02. The van der Waals surface area contributed by atoms with Gasteiger partial charge in [-0.2, -0.15) is 5.10 Å². The maximum Gasteiger partial charge on any atom is 0.209 e. The van der Waals surface area contributed by atoms with Crippen molar-refractivity contribution in [2.24, 2.45) is 7.05 Å². The van der Waals surface area contributed by atoms with Crippen LogP contribution in [0.25, 0.3) is 11.3 Å². The molecule has 0 fully saturated rings. The smallest absolute Gasteiger partial charge is 0.209 e. The van der Waals surface area contributed by atoms with Crippen LogP contribution in [-0.2, 0) is 7.05 Å². The van der Waals surface area contributed by atoms with Crippen LogP contribution in [0.1, 0.15) is 0 Å². The van der Waals surface area contributed by atoms with Crippen molar-refractivity contribution in [3.05, 3.63) is 33.9 Å². The van der Waals surface area contributed by atoms with E-state index in [9.17, 15) is 5.11 Å². The van der Waals surface area contributed by atoms with Gasteiger partial charge in [0, 0.05) is 22.2 Å². The molecule has 0 saturated heterocycles. The fourth-order valence-corrected chi connectivity index (χ4v) is 1.79. The summed E-state index contributed by atoms with van der Waals surface area (Å²) in [7, 11) is 1.72. The summed E-state index contributed by atoms with van der Waals surface area (Å²) in [6.07, 6.45) is 0. The second-order valence-corrected chi connectivity index (χ2v) is 4.27. The standard InChI is InChI=1S/C10H9IN2O/c1-13-10(14)6-9(12-13)7-3-2-4-8(11)5-7/h2-6,14H,1H3. The largest absolute Gasteiger partial charge is 0.493 e. The van der Waals surface area contributed by atoms with Crippen LogP contribution in [0.5, 0.6) is 5.88 Å². The first-order chi connectivity index (χ1) is 6.66. The van der Waals surface area contributed by atoms with Gasteiger partial charge in [0.25, 0.3) is 0 Å². The summed E-state index contributed by atoms with van der Waals surface area (Å²) in [6, 6.07) is 9.66. The number of hydrogen-bond acceptors (Lipinski definition) is 2. The summed E-state index contributed by atoms with van der Waals surface area (Å²) in [6.45, 7) is 0. The topological polar surface area (TPSA) is 38.0 Å². The number of aromatic nitrogens is 2. The fourth-order valence-electron chi connectivity index (χ4n) is 1.25. The monoisotopic (exact) mass is 300 g/mol. The first-order valence-corrected chi connectivity index (χ1v) is 5.23. The van der Waals surface area contributed by atoms with Crippen LogP contribution in [0, 0.1) is 3.57 Å². The quantitative estimate of drug-likeness (QED) is 0.821. The Hall–Kier alpha value is -1.04. The average Bonchev–Trinajstić information content (AvgIpc) is 2.47. The van der Waals surface area contributed by atoms with Gasteiger partial charge in [-0.05, 0) is 34.7 Å². The fraction of sp³-hybridized carbons (Fsp3) is 0.100. The lowest BCUT2D eigenvalue weighted by Gasteiger charge is -1.96. The third-order valence-corrected chi connectivity index (χ3v) is 2.65. The molecular formula is C10H9IN2O. The molecular weight excluding hydrogens is 291 g/mol. The van der Waals surface area contributed by atoms with E-state index in [0.29, 0.717) is 0 Å². The Morgan fingerprint density at radius 1 is 1.36 bits per heavy atom. The predicted molar refractivity (Wildman–Crippen MR) is 63.0 cm³/mol. The lowest BCUT2D eigenvalue weighted by Crippen LogP contribution is -1.89. The van der Waals surface area contributed by atoms with Gasteiger partial charge in [-0.1, -0.05) is 12.1 Å². The molecule has 0 saturated carbocycles. The Kier molecular flexibility index (Phi) is 2.45. The number of aryl methyl sites for hydroxylation is 1. The van der Waals surface area contributed by atoms with Gasteiger partial charge < -0.3 is 5.11 Å². The molecule has 3 nitrogen and oxygen atoms in total. The van der Waals surface area contributed by atoms with Crippen LogP contribution in [0.2, 0.25) is 0 Å². The summed E-state index contributed by atoms with van der Waals surface area (Å²) in [5.74, 6) is 0.180. The molecule has 0 amide bonds. The van der Waals surface area contributed by atoms with Gasteiger partial charge >= 0.3 is 0 Å². The van der Waals surface area contributed by atoms with Gasteiger partial charge in [0.15, 0.2) is 0 Å². The highest BCUT2D eigenvalue weighted by molar-refractivity contribution is 14.1. The molecule has 0 atom stereocenters. The third kappa shape index (κ3) is 1.75. The van der Waals surface area contributed by atoms with E-state index in [-0.39, 0.29) is 5.88 Å². The molecule has 14 heavy (non-hydrogen) atoms. The van der Waals surface area contributed by atoms with Crippen LogP contribution >= 0.6 is 22.6 Å². The summed E-state index contributed by atoms with van der Waals surface area (Å²) in [5, 5.41) is 13.6. The molecule has 1 heterocycles. The molecule has 1 aromatic carbocycles. The Balaban J connectivity index is 2.49. The minimum absolute atomic E-state index is 0.180. The van der Waals surface area contributed by atoms with E-state index in [1.54, 1.807) is 13.1 Å². The molecule has 2 rings (SSSR count). The summed E-state index contributed by atoms with van der Waals surface area (Å²) in [4.78, 5) is 0. The lowest BCUT2D eigenvalue weighted by atomic mass is 10.2. The van der Waals surface area contributed by atoms with Gasteiger partial charge in [-0.25, -0.2) is 4.68 Å². The van der Waals surface area contributed by atoms with Gasteiger partial charge in [0.2, 0.25) is 5.88 Å². The highest BCUT2D eigenvalue weighted by Gasteiger charge is 2.05. The molecule has 1 aromatic heterocycles. The molecule has 0 aliphatic carbocycles. The highest BCUT2D eigenvalue weighted by Crippen LogP contribution is 2.22. The molecule has 2 aromatic rings. The van der Waals surface area contributed by atoms with Crippen molar-refractivity contribution in [1.29, 1.82) is 0 Å². The molecule has 0 unspecified atom stereocenters. The van der Waals surface area contributed by atoms with E-state index in [1.807, 2.05) is 24.3 Å². The zero-order chi connectivity index (χ0) is 10.1. The van der Waals surface area contributed by atoms with Crippen LogP contribution in [0.4, 0.5) is 0 Å². The van der Waals surface area contributed by atoms with Crippen molar-refractivity contribution in [2.75, 3.05) is 0 Å². The van der Waals surface area contributed by atoms with Crippen LogP contribution in [0.3, 0.4) is 0 Å². The number of hydrogen-bond donors (Lipinski definition) is 1. The minimum atomic E-state index is 0.180. The summed E-state index contributed by atoms with van der Waals surface area (Å²) < 4.78 is 2.61. The zero-order valence-electron chi connectivity index (χ0n) is 7.61. The molecule has 0 bridgehead atoms. The Bertz CT molecular complexity index is 445. The molecule has 72 valence electrons. The maximum atomic E-state index is 9.37. The van der Waals surface area contributed by atoms with Crippen molar-refractivity contribution in [3.63, 3.8) is 0 Å².